The molecule has 0 bridgehead atoms. The monoisotopic (exact) mass is 331 g/mol. The zero-order chi connectivity index (χ0) is 17.4. The van der Waals surface area contributed by atoms with Gasteiger partial charge in [-0.25, -0.2) is 0 Å². The van der Waals surface area contributed by atoms with Gasteiger partial charge in [-0.2, -0.15) is 5.10 Å². The normalized spacial score (nSPS) is 10.4. The highest BCUT2D eigenvalue weighted by Gasteiger charge is 2.09. The summed E-state index contributed by atoms with van der Waals surface area (Å²) in [5.74, 6) is -0.372. The number of aryl methyl sites for hydroxylation is 1. The molecule has 0 aliphatic heterocycles. The molecule has 0 fully saturated rings. The van der Waals surface area contributed by atoms with E-state index in [0.717, 1.165) is 17.7 Å². The first kappa shape index (κ1) is 17.5. The minimum atomic E-state index is -0.826. The second-order valence-electron chi connectivity index (χ2n) is 5.30. The summed E-state index contributed by atoms with van der Waals surface area (Å²) in [6.07, 6.45) is 1.36. The molecule has 1 aromatic heterocycles. The third kappa shape index (κ3) is 5.42. The number of aromatic amines is 1. The van der Waals surface area contributed by atoms with E-state index in [0.29, 0.717) is 31.0 Å². The molecule has 0 aliphatic carbocycles. The van der Waals surface area contributed by atoms with E-state index in [1.54, 1.807) is 18.2 Å². The van der Waals surface area contributed by atoms with Crippen LogP contribution in [0.3, 0.4) is 0 Å². The summed E-state index contributed by atoms with van der Waals surface area (Å²) in [5, 5.41) is 18.1. The molecule has 2 rings (SSSR count). The lowest BCUT2D eigenvalue weighted by Gasteiger charge is -2.07. The number of nitrogens with one attached hydrogen (secondary N) is 2. The standard InChI is InChI=1S/C17H21N3O4/c1-2-13-10-15(20-19-13)17(23)18-11-12-5-7-14(8-6-12)24-9-3-4-16(21)22/h5-8,10H,2-4,9,11H2,1H3,(H,18,23)(H,19,20)(H,21,22). The van der Waals surface area contributed by atoms with E-state index >= 15 is 0 Å². The second kappa shape index (κ2) is 8.71. The van der Waals surface area contributed by atoms with Crippen LogP contribution < -0.4 is 10.1 Å². The van der Waals surface area contributed by atoms with Crippen LogP contribution in [0, 0.1) is 0 Å². The highest BCUT2D eigenvalue weighted by molar-refractivity contribution is 5.92. The van der Waals surface area contributed by atoms with Gasteiger partial charge in [0, 0.05) is 18.7 Å². The van der Waals surface area contributed by atoms with Crippen LogP contribution in [0.5, 0.6) is 5.75 Å². The number of nitrogens with zero attached hydrogens (tertiary/aromatic N) is 1. The lowest BCUT2D eigenvalue weighted by molar-refractivity contribution is -0.137. The van der Waals surface area contributed by atoms with Gasteiger partial charge in [0.15, 0.2) is 0 Å². The van der Waals surface area contributed by atoms with E-state index < -0.39 is 5.97 Å². The Bertz CT molecular complexity index is 679. The number of amides is 1. The highest BCUT2D eigenvalue weighted by atomic mass is 16.5. The summed E-state index contributed by atoms with van der Waals surface area (Å²) in [6.45, 7) is 2.74. The van der Waals surface area contributed by atoms with Crippen molar-refractivity contribution in [3.05, 3.63) is 47.3 Å². The van der Waals surface area contributed by atoms with Crippen LogP contribution in [0.1, 0.15) is 41.5 Å². The minimum Gasteiger partial charge on any atom is -0.494 e. The summed E-state index contributed by atoms with van der Waals surface area (Å²) in [4.78, 5) is 22.4. The number of carboxylic acids is 1. The number of carbonyl (C=O) groups excluding carboxylic acids is 1. The quantitative estimate of drug-likeness (QED) is 0.611. The number of aromatic nitrogens is 2. The molecule has 0 saturated heterocycles. The number of benzene rings is 1. The molecule has 1 heterocycles. The van der Waals surface area contributed by atoms with Crippen LogP contribution in [0.15, 0.2) is 30.3 Å². The first-order chi connectivity index (χ1) is 11.6. The molecule has 3 N–H and O–H groups in total. The van der Waals surface area contributed by atoms with Gasteiger partial charge in [-0.1, -0.05) is 19.1 Å². The predicted octanol–water partition coefficient (Wildman–Crippen LogP) is 2.15. The number of carbonyl (C=O) groups is 2. The summed E-state index contributed by atoms with van der Waals surface area (Å²) >= 11 is 0. The van der Waals surface area contributed by atoms with Gasteiger partial charge in [0.25, 0.3) is 5.91 Å². The van der Waals surface area contributed by atoms with Gasteiger partial charge < -0.3 is 15.2 Å². The molecule has 0 radical (unpaired) electrons. The number of hydrogen-bond donors (Lipinski definition) is 3. The third-order valence-corrected chi connectivity index (χ3v) is 3.42. The SMILES string of the molecule is CCc1cc(C(=O)NCc2ccc(OCCCC(=O)O)cc2)n[nH]1. The summed E-state index contributed by atoms with van der Waals surface area (Å²) < 4.78 is 5.46. The van der Waals surface area contributed by atoms with Crippen LogP contribution in [0.4, 0.5) is 0 Å². The highest BCUT2D eigenvalue weighted by Crippen LogP contribution is 2.13. The van der Waals surface area contributed by atoms with E-state index in [1.165, 1.54) is 0 Å². The van der Waals surface area contributed by atoms with Gasteiger partial charge in [-0.15, -0.1) is 0 Å². The van der Waals surface area contributed by atoms with Crippen LogP contribution in [-0.4, -0.2) is 33.8 Å². The largest absolute Gasteiger partial charge is 0.494 e. The van der Waals surface area contributed by atoms with Crippen molar-refractivity contribution in [1.29, 1.82) is 0 Å². The number of H-pyrrole nitrogens is 1. The Labute approximate surface area is 140 Å². The van der Waals surface area contributed by atoms with Crippen LogP contribution in [0.2, 0.25) is 0 Å². The summed E-state index contributed by atoms with van der Waals surface area (Å²) in [5.41, 5.74) is 2.24. The van der Waals surface area contributed by atoms with E-state index in [4.69, 9.17) is 9.84 Å². The average molecular weight is 331 g/mol. The minimum absolute atomic E-state index is 0.0943. The van der Waals surface area contributed by atoms with Gasteiger partial charge in [0.2, 0.25) is 0 Å². The average Bonchev–Trinajstić information content (AvgIpc) is 3.07. The van der Waals surface area contributed by atoms with E-state index in [-0.39, 0.29) is 12.3 Å². The Hall–Kier alpha value is -2.83. The number of aliphatic carboxylic acids is 1. The molecular weight excluding hydrogens is 310 g/mol. The Morgan fingerprint density at radius 2 is 2.04 bits per heavy atom. The zero-order valence-electron chi connectivity index (χ0n) is 13.5. The summed E-state index contributed by atoms with van der Waals surface area (Å²) in [6, 6.07) is 9.05. The number of carboxylic acid groups (broad SMARTS) is 1. The molecule has 0 spiro atoms. The lowest BCUT2D eigenvalue weighted by Crippen LogP contribution is -2.23. The molecule has 7 nitrogen and oxygen atoms in total. The van der Waals surface area contributed by atoms with E-state index in [1.807, 2.05) is 19.1 Å². The summed E-state index contributed by atoms with van der Waals surface area (Å²) in [7, 11) is 0. The molecule has 0 saturated carbocycles. The maximum atomic E-state index is 12.0. The van der Waals surface area contributed by atoms with Crippen molar-refractivity contribution < 1.29 is 19.4 Å². The molecule has 2 aromatic rings. The van der Waals surface area contributed by atoms with Crippen molar-refractivity contribution >= 4 is 11.9 Å². The fraction of sp³-hybridized carbons (Fsp3) is 0.353. The Morgan fingerprint density at radius 3 is 2.67 bits per heavy atom. The fourth-order valence-electron chi connectivity index (χ4n) is 2.05. The lowest BCUT2D eigenvalue weighted by atomic mass is 10.2. The van der Waals surface area contributed by atoms with Crippen molar-refractivity contribution in [2.75, 3.05) is 6.61 Å². The Balaban J connectivity index is 1.77. The van der Waals surface area contributed by atoms with Crippen LogP contribution >= 0.6 is 0 Å². The maximum Gasteiger partial charge on any atom is 0.303 e. The molecule has 24 heavy (non-hydrogen) atoms. The number of hydrogen-bond acceptors (Lipinski definition) is 4. The number of rotatable bonds is 9. The van der Waals surface area contributed by atoms with Gasteiger partial charge in [-0.05, 0) is 36.6 Å². The van der Waals surface area contributed by atoms with Gasteiger partial charge in [0.05, 0.1) is 6.61 Å². The Morgan fingerprint density at radius 1 is 1.29 bits per heavy atom. The molecule has 0 atom stereocenters. The van der Waals surface area contributed by atoms with Crippen molar-refractivity contribution in [3.8, 4) is 5.75 Å². The molecular formula is C17H21N3O4. The fourth-order valence-corrected chi connectivity index (χ4v) is 2.05. The van der Waals surface area contributed by atoms with Crippen molar-refractivity contribution in [1.82, 2.24) is 15.5 Å². The Kier molecular flexibility index (Phi) is 6.36. The number of ether oxygens (including phenoxy) is 1. The zero-order valence-corrected chi connectivity index (χ0v) is 13.5. The van der Waals surface area contributed by atoms with Crippen molar-refractivity contribution in [2.24, 2.45) is 0 Å². The van der Waals surface area contributed by atoms with E-state index in [9.17, 15) is 9.59 Å². The first-order valence-electron chi connectivity index (χ1n) is 7.84. The molecule has 0 aliphatic rings. The third-order valence-electron chi connectivity index (χ3n) is 3.42. The van der Waals surface area contributed by atoms with Crippen molar-refractivity contribution in [2.45, 2.75) is 32.7 Å². The van der Waals surface area contributed by atoms with E-state index in [2.05, 4.69) is 15.5 Å². The predicted molar refractivity (Wildman–Crippen MR) is 87.9 cm³/mol. The smallest absolute Gasteiger partial charge is 0.303 e. The van der Waals surface area contributed by atoms with Crippen molar-refractivity contribution in [3.63, 3.8) is 0 Å². The van der Waals surface area contributed by atoms with Crippen LogP contribution in [0.25, 0.3) is 0 Å². The molecule has 128 valence electrons. The van der Waals surface area contributed by atoms with Gasteiger partial charge in [0.1, 0.15) is 11.4 Å². The molecule has 1 aromatic carbocycles. The molecule has 7 heteroatoms. The molecule has 0 unspecified atom stereocenters. The van der Waals surface area contributed by atoms with Crippen LogP contribution in [-0.2, 0) is 17.8 Å². The molecule has 1 amide bonds. The topological polar surface area (TPSA) is 104 Å². The van der Waals surface area contributed by atoms with Gasteiger partial charge in [-0.3, -0.25) is 14.7 Å². The first-order valence-corrected chi connectivity index (χ1v) is 7.84. The van der Waals surface area contributed by atoms with Gasteiger partial charge >= 0.3 is 5.97 Å². The maximum absolute atomic E-state index is 12.0. The second-order valence-corrected chi connectivity index (χ2v) is 5.30.